The first-order valence-electron chi connectivity index (χ1n) is 5.91. The Morgan fingerprint density at radius 2 is 1.79 bits per heavy atom. The van der Waals surface area contributed by atoms with Gasteiger partial charge in [0.25, 0.3) is 5.92 Å². The van der Waals surface area contributed by atoms with E-state index in [1.54, 1.807) is 24.3 Å². The lowest BCUT2D eigenvalue weighted by molar-refractivity contribution is 0.0232. The van der Waals surface area contributed by atoms with Crippen molar-refractivity contribution in [3.05, 3.63) is 59.7 Å². The third-order valence-electron chi connectivity index (χ3n) is 2.77. The van der Waals surface area contributed by atoms with Crippen LogP contribution in [0.4, 0.5) is 14.5 Å². The van der Waals surface area contributed by atoms with E-state index in [-0.39, 0.29) is 11.3 Å². The fraction of sp³-hybridized carbons (Fsp3) is 0.200. The highest BCUT2D eigenvalue weighted by Crippen LogP contribution is 2.36. The molecule has 100 valence electrons. The predicted octanol–water partition coefficient (Wildman–Crippen LogP) is 4.46. The molecule has 0 aliphatic heterocycles. The number of anilines is 1. The van der Waals surface area contributed by atoms with E-state index in [1.807, 2.05) is 19.1 Å². The minimum absolute atomic E-state index is 0.0359. The second-order valence-corrected chi connectivity index (χ2v) is 5.42. The minimum atomic E-state index is -2.86. The number of aryl methyl sites for hydroxylation is 1. The summed E-state index contributed by atoms with van der Waals surface area (Å²) in [6.07, 6.45) is 0. The Bertz CT molecular complexity index is 555. The number of alkyl halides is 2. The molecular formula is C15H15F2NS. The Labute approximate surface area is 115 Å². The molecule has 0 saturated heterocycles. The molecule has 0 atom stereocenters. The molecule has 2 aromatic rings. The van der Waals surface area contributed by atoms with Crippen LogP contribution in [0, 0.1) is 6.92 Å². The fourth-order valence-corrected chi connectivity index (χ4v) is 2.71. The predicted molar refractivity (Wildman–Crippen MR) is 76.7 cm³/mol. The molecule has 1 nitrogen and oxygen atoms in total. The summed E-state index contributed by atoms with van der Waals surface area (Å²) in [7, 11) is 0. The molecule has 0 spiro atoms. The van der Waals surface area contributed by atoms with Crippen molar-refractivity contribution >= 4 is 17.4 Å². The van der Waals surface area contributed by atoms with E-state index in [0.29, 0.717) is 10.6 Å². The molecule has 0 fully saturated rings. The van der Waals surface area contributed by atoms with Gasteiger partial charge in [0.05, 0.1) is 5.75 Å². The SMILES string of the molecule is Cc1ccc(N)c(SCC(F)(F)c2ccccc2)c1. The Morgan fingerprint density at radius 1 is 1.11 bits per heavy atom. The zero-order valence-corrected chi connectivity index (χ0v) is 11.4. The summed E-state index contributed by atoms with van der Waals surface area (Å²) in [5.41, 5.74) is 7.38. The van der Waals surface area contributed by atoms with Gasteiger partial charge in [-0.05, 0) is 24.6 Å². The summed E-state index contributed by atoms with van der Waals surface area (Å²) < 4.78 is 28.0. The number of nitrogen functional groups attached to an aromatic ring is 1. The largest absolute Gasteiger partial charge is 0.398 e. The molecule has 0 amide bonds. The van der Waals surface area contributed by atoms with Crippen molar-refractivity contribution < 1.29 is 8.78 Å². The van der Waals surface area contributed by atoms with Gasteiger partial charge in [0, 0.05) is 16.1 Å². The molecule has 0 radical (unpaired) electrons. The van der Waals surface area contributed by atoms with E-state index in [4.69, 9.17) is 5.73 Å². The van der Waals surface area contributed by atoms with Crippen LogP contribution >= 0.6 is 11.8 Å². The third-order valence-corrected chi connectivity index (χ3v) is 3.95. The van der Waals surface area contributed by atoms with Gasteiger partial charge >= 0.3 is 0 Å². The van der Waals surface area contributed by atoms with Gasteiger partial charge in [0.15, 0.2) is 0 Å². The first-order valence-corrected chi connectivity index (χ1v) is 6.90. The molecule has 0 bridgehead atoms. The van der Waals surface area contributed by atoms with Crippen molar-refractivity contribution in [3.8, 4) is 0 Å². The normalized spacial score (nSPS) is 11.5. The molecule has 0 heterocycles. The Morgan fingerprint density at radius 3 is 2.47 bits per heavy atom. The van der Waals surface area contributed by atoms with Gasteiger partial charge in [-0.15, -0.1) is 11.8 Å². The van der Waals surface area contributed by atoms with E-state index >= 15 is 0 Å². The average molecular weight is 279 g/mol. The standard InChI is InChI=1S/C15H15F2NS/c1-11-7-8-13(18)14(9-11)19-10-15(16,17)12-5-3-2-4-6-12/h2-9H,10,18H2,1H3. The maximum absolute atomic E-state index is 14.0. The van der Waals surface area contributed by atoms with Crippen LogP contribution < -0.4 is 5.73 Å². The summed E-state index contributed by atoms with van der Waals surface area (Å²) in [6, 6.07) is 13.3. The smallest absolute Gasteiger partial charge is 0.282 e. The zero-order chi connectivity index (χ0) is 13.9. The second-order valence-electron chi connectivity index (χ2n) is 4.40. The summed E-state index contributed by atoms with van der Waals surface area (Å²) in [4.78, 5) is 0.704. The van der Waals surface area contributed by atoms with Crippen molar-refractivity contribution in [2.75, 3.05) is 11.5 Å². The van der Waals surface area contributed by atoms with Crippen molar-refractivity contribution in [2.24, 2.45) is 0 Å². The van der Waals surface area contributed by atoms with Crippen LogP contribution in [0.25, 0.3) is 0 Å². The summed E-state index contributed by atoms with van der Waals surface area (Å²) in [6.45, 7) is 1.92. The number of hydrogen-bond acceptors (Lipinski definition) is 2. The molecule has 2 N–H and O–H groups in total. The molecule has 2 rings (SSSR count). The number of thioether (sulfide) groups is 1. The van der Waals surface area contributed by atoms with Crippen LogP contribution in [0.15, 0.2) is 53.4 Å². The monoisotopic (exact) mass is 279 g/mol. The van der Waals surface area contributed by atoms with Gasteiger partial charge < -0.3 is 5.73 Å². The lowest BCUT2D eigenvalue weighted by Gasteiger charge is -2.17. The number of halogens is 2. The highest BCUT2D eigenvalue weighted by Gasteiger charge is 2.31. The first kappa shape index (κ1) is 13.9. The number of rotatable bonds is 4. The zero-order valence-electron chi connectivity index (χ0n) is 10.6. The highest BCUT2D eigenvalue weighted by molar-refractivity contribution is 7.99. The van der Waals surface area contributed by atoms with Gasteiger partial charge in [-0.25, -0.2) is 8.78 Å². The molecule has 4 heteroatoms. The topological polar surface area (TPSA) is 26.0 Å². The van der Waals surface area contributed by atoms with Crippen LogP contribution in [0.1, 0.15) is 11.1 Å². The molecule has 0 saturated carbocycles. The average Bonchev–Trinajstić information content (AvgIpc) is 2.41. The summed E-state index contributed by atoms with van der Waals surface area (Å²) in [5, 5.41) is 0. The van der Waals surface area contributed by atoms with Crippen LogP contribution in [0.5, 0.6) is 0 Å². The molecule has 0 aliphatic rings. The van der Waals surface area contributed by atoms with Crippen molar-refractivity contribution in [2.45, 2.75) is 17.7 Å². The highest BCUT2D eigenvalue weighted by atomic mass is 32.2. The maximum atomic E-state index is 14.0. The molecule has 2 aromatic carbocycles. The van der Waals surface area contributed by atoms with Crippen LogP contribution in [-0.4, -0.2) is 5.75 Å². The number of hydrogen-bond donors (Lipinski definition) is 1. The van der Waals surface area contributed by atoms with E-state index in [2.05, 4.69) is 0 Å². The van der Waals surface area contributed by atoms with E-state index in [9.17, 15) is 8.78 Å². The van der Waals surface area contributed by atoms with Crippen molar-refractivity contribution in [3.63, 3.8) is 0 Å². The quantitative estimate of drug-likeness (QED) is 0.660. The molecule has 0 aliphatic carbocycles. The summed E-state index contributed by atoms with van der Waals surface area (Å²) in [5.74, 6) is -3.17. The third kappa shape index (κ3) is 3.47. The molecule has 19 heavy (non-hydrogen) atoms. The lowest BCUT2D eigenvalue weighted by atomic mass is 10.1. The Kier molecular flexibility index (Phi) is 4.10. The van der Waals surface area contributed by atoms with Gasteiger partial charge in [0.1, 0.15) is 0 Å². The number of benzene rings is 2. The van der Waals surface area contributed by atoms with Crippen LogP contribution in [0.3, 0.4) is 0 Å². The molecular weight excluding hydrogens is 264 g/mol. The summed E-state index contributed by atoms with van der Waals surface area (Å²) >= 11 is 1.09. The minimum Gasteiger partial charge on any atom is -0.398 e. The van der Waals surface area contributed by atoms with Crippen molar-refractivity contribution in [1.29, 1.82) is 0 Å². The lowest BCUT2D eigenvalue weighted by Crippen LogP contribution is -2.16. The van der Waals surface area contributed by atoms with Gasteiger partial charge in [0.2, 0.25) is 0 Å². The Hall–Kier alpha value is -1.55. The van der Waals surface area contributed by atoms with Gasteiger partial charge in [-0.1, -0.05) is 36.4 Å². The Balaban J connectivity index is 2.12. The van der Waals surface area contributed by atoms with Crippen molar-refractivity contribution in [1.82, 2.24) is 0 Å². The molecule has 0 aromatic heterocycles. The molecule has 0 unspecified atom stereocenters. The second kappa shape index (κ2) is 5.61. The van der Waals surface area contributed by atoms with Gasteiger partial charge in [-0.2, -0.15) is 0 Å². The van der Waals surface area contributed by atoms with Crippen LogP contribution in [0.2, 0.25) is 0 Å². The van der Waals surface area contributed by atoms with E-state index in [0.717, 1.165) is 17.3 Å². The first-order chi connectivity index (χ1) is 8.99. The van der Waals surface area contributed by atoms with Crippen LogP contribution in [-0.2, 0) is 5.92 Å². The fourth-order valence-electron chi connectivity index (χ4n) is 1.70. The van der Waals surface area contributed by atoms with Gasteiger partial charge in [-0.3, -0.25) is 0 Å². The maximum Gasteiger partial charge on any atom is 0.282 e. The van der Waals surface area contributed by atoms with E-state index in [1.165, 1.54) is 12.1 Å². The van der Waals surface area contributed by atoms with E-state index < -0.39 is 5.92 Å². The number of nitrogens with two attached hydrogens (primary N) is 1.